The monoisotopic (exact) mass is 371 g/mol. The molecule has 2 saturated heterocycles. The van der Waals surface area contributed by atoms with Gasteiger partial charge in [0.05, 0.1) is 0 Å². The van der Waals surface area contributed by atoms with E-state index >= 15 is 0 Å². The van der Waals surface area contributed by atoms with Crippen LogP contribution in [0.25, 0.3) is 0 Å². The molecule has 0 radical (unpaired) electrons. The summed E-state index contributed by atoms with van der Waals surface area (Å²) in [7, 11) is 0. The number of halogens is 2. The molecule has 4 nitrogen and oxygen atoms in total. The van der Waals surface area contributed by atoms with Gasteiger partial charge in [-0.3, -0.25) is 4.79 Å². The fourth-order valence-corrected chi connectivity index (χ4v) is 4.24. The van der Waals surface area contributed by atoms with Crippen LogP contribution in [0.2, 0.25) is 0 Å². The van der Waals surface area contributed by atoms with Gasteiger partial charge in [0.25, 0.3) is 0 Å². The standard InChI is InChI=1S/C18H25N3O.2ClH/c22-17(16-12-18(16)7-9-19-10-8-18)21-11-6-15(13-21)20-14-4-2-1-3-5-14;;/h1-5,15-16,19-20H,6-13H2;2*1H. The van der Waals surface area contributed by atoms with Gasteiger partial charge < -0.3 is 15.5 Å². The van der Waals surface area contributed by atoms with E-state index in [0.29, 0.717) is 23.3 Å². The minimum Gasteiger partial charge on any atom is -0.380 e. The number of piperidine rings is 1. The Morgan fingerprint density at radius 1 is 1.17 bits per heavy atom. The molecule has 1 saturated carbocycles. The number of anilines is 1. The third-order valence-electron chi connectivity index (χ3n) is 5.73. The van der Waals surface area contributed by atoms with Gasteiger partial charge in [0.1, 0.15) is 0 Å². The summed E-state index contributed by atoms with van der Waals surface area (Å²) in [6, 6.07) is 10.7. The van der Waals surface area contributed by atoms with Crippen LogP contribution in [0.5, 0.6) is 0 Å². The Kier molecular flexibility index (Phi) is 6.40. The summed E-state index contributed by atoms with van der Waals surface area (Å²) in [5.41, 5.74) is 1.51. The van der Waals surface area contributed by atoms with E-state index in [1.54, 1.807) is 0 Å². The van der Waals surface area contributed by atoms with Crippen LogP contribution in [0.15, 0.2) is 30.3 Å². The van der Waals surface area contributed by atoms with Crippen molar-refractivity contribution in [1.82, 2.24) is 10.2 Å². The highest BCUT2D eigenvalue weighted by molar-refractivity contribution is 5.85. The molecule has 3 fully saturated rings. The zero-order valence-corrected chi connectivity index (χ0v) is 15.5. The van der Waals surface area contributed by atoms with Crippen LogP contribution in [0.1, 0.15) is 25.7 Å². The molecule has 1 amide bonds. The lowest BCUT2D eigenvalue weighted by Gasteiger charge is -2.25. The molecular formula is C18H27Cl2N3O. The van der Waals surface area contributed by atoms with Gasteiger partial charge in [-0.1, -0.05) is 18.2 Å². The maximum absolute atomic E-state index is 12.8. The lowest BCUT2D eigenvalue weighted by atomic mass is 9.91. The molecule has 2 N–H and O–H groups in total. The topological polar surface area (TPSA) is 44.4 Å². The molecule has 1 aromatic carbocycles. The number of amides is 1. The van der Waals surface area contributed by atoms with E-state index in [1.165, 1.54) is 12.8 Å². The molecule has 6 heteroatoms. The second kappa shape index (κ2) is 7.94. The minimum absolute atomic E-state index is 0. The van der Waals surface area contributed by atoms with Crippen LogP contribution in [0.3, 0.4) is 0 Å². The van der Waals surface area contributed by atoms with Gasteiger partial charge in [0.2, 0.25) is 5.91 Å². The molecule has 3 aliphatic rings. The van der Waals surface area contributed by atoms with Crippen LogP contribution in [-0.2, 0) is 4.79 Å². The molecule has 2 unspecified atom stereocenters. The van der Waals surface area contributed by atoms with Crippen molar-refractivity contribution in [2.24, 2.45) is 11.3 Å². The number of benzene rings is 1. The molecule has 2 aliphatic heterocycles. The highest BCUT2D eigenvalue weighted by atomic mass is 35.5. The van der Waals surface area contributed by atoms with E-state index < -0.39 is 0 Å². The van der Waals surface area contributed by atoms with Gasteiger partial charge in [-0.25, -0.2) is 0 Å². The maximum Gasteiger partial charge on any atom is 0.226 e. The minimum atomic E-state index is 0. The number of rotatable bonds is 3. The van der Waals surface area contributed by atoms with Gasteiger partial charge in [0.15, 0.2) is 0 Å². The Labute approximate surface area is 156 Å². The first-order chi connectivity index (χ1) is 10.8. The molecule has 1 spiro atoms. The molecule has 1 aliphatic carbocycles. The van der Waals surface area contributed by atoms with Crippen LogP contribution in [0.4, 0.5) is 5.69 Å². The number of likely N-dealkylation sites (tertiary alicyclic amines) is 1. The van der Waals surface area contributed by atoms with Gasteiger partial charge in [0, 0.05) is 30.7 Å². The first-order valence-electron chi connectivity index (χ1n) is 8.58. The van der Waals surface area contributed by atoms with Crippen molar-refractivity contribution in [3.63, 3.8) is 0 Å². The SMILES string of the molecule is Cl.Cl.O=C(C1CC12CCNCC2)N1CCC(Nc2ccccc2)C1. The van der Waals surface area contributed by atoms with Gasteiger partial charge in [-0.05, 0) is 56.3 Å². The quantitative estimate of drug-likeness (QED) is 0.858. The summed E-state index contributed by atoms with van der Waals surface area (Å²) in [5, 5.41) is 6.96. The normalized spacial score (nSPS) is 27.1. The van der Waals surface area contributed by atoms with Crippen LogP contribution >= 0.6 is 24.8 Å². The summed E-state index contributed by atoms with van der Waals surface area (Å²) < 4.78 is 0. The number of carbonyl (C=O) groups is 1. The smallest absolute Gasteiger partial charge is 0.226 e. The molecule has 0 bridgehead atoms. The van der Waals surface area contributed by atoms with Crippen molar-refractivity contribution in [2.45, 2.75) is 31.7 Å². The third-order valence-corrected chi connectivity index (χ3v) is 5.73. The summed E-state index contributed by atoms with van der Waals surface area (Å²) >= 11 is 0. The summed E-state index contributed by atoms with van der Waals surface area (Å²) in [4.78, 5) is 14.9. The average molecular weight is 372 g/mol. The lowest BCUT2D eigenvalue weighted by Crippen LogP contribution is -2.36. The van der Waals surface area contributed by atoms with E-state index in [9.17, 15) is 4.79 Å². The highest BCUT2D eigenvalue weighted by Gasteiger charge is 2.58. The molecule has 134 valence electrons. The lowest BCUT2D eigenvalue weighted by molar-refractivity contribution is -0.132. The van der Waals surface area contributed by atoms with Crippen LogP contribution in [0, 0.1) is 11.3 Å². The molecule has 2 atom stereocenters. The second-order valence-corrected chi connectivity index (χ2v) is 7.15. The number of hydrogen-bond donors (Lipinski definition) is 2. The van der Waals surface area contributed by atoms with Crippen molar-refractivity contribution < 1.29 is 4.79 Å². The molecule has 4 rings (SSSR count). The van der Waals surface area contributed by atoms with E-state index in [2.05, 4.69) is 27.7 Å². The third kappa shape index (κ3) is 3.81. The predicted molar refractivity (Wildman–Crippen MR) is 102 cm³/mol. The number of carbonyl (C=O) groups excluding carboxylic acids is 1. The maximum atomic E-state index is 12.8. The summed E-state index contributed by atoms with van der Waals surface area (Å²) in [5.74, 6) is 0.726. The predicted octanol–water partition coefficient (Wildman–Crippen LogP) is 2.93. The van der Waals surface area contributed by atoms with E-state index in [4.69, 9.17) is 0 Å². The average Bonchev–Trinajstić information content (AvgIpc) is 3.03. The summed E-state index contributed by atoms with van der Waals surface area (Å²) in [6.07, 6.45) is 4.55. The Balaban J connectivity index is 0.00000104. The van der Waals surface area contributed by atoms with Gasteiger partial charge in [-0.2, -0.15) is 0 Å². The van der Waals surface area contributed by atoms with E-state index in [1.807, 2.05) is 18.2 Å². The molecule has 2 heterocycles. The zero-order valence-electron chi connectivity index (χ0n) is 13.9. The Hall–Kier alpha value is -0.970. The number of nitrogens with one attached hydrogen (secondary N) is 2. The molecule has 0 aromatic heterocycles. The van der Waals surface area contributed by atoms with Gasteiger partial charge >= 0.3 is 0 Å². The highest BCUT2D eigenvalue weighted by Crippen LogP contribution is 2.59. The Morgan fingerprint density at radius 2 is 1.88 bits per heavy atom. The zero-order chi connectivity index (χ0) is 15.0. The van der Waals surface area contributed by atoms with Crippen molar-refractivity contribution in [2.75, 3.05) is 31.5 Å². The molecule has 1 aromatic rings. The summed E-state index contributed by atoms with van der Waals surface area (Å²) in [6.45, 7) is 3.94. The number of hydrogen-bond acceptors (Lipinski definition) is 3. The van der Waals surface area contributed by atoms with Crippen molar-refractivity contribution >= 4 is 36.4 Å². The van der Waals surface area contributed by atoms with Crippen molar-refractivity contribution in [3.05, 3.63) is 30.3 Å². The van der Waals surface area contributed by atoms with E-state index in [0.717, 1.165) is 44.7 Å². The molecular weight excluding hydrogens is 345 g/mol. The first-order valence-corrected chi connectivity index (χ1v) is 8.58. The molecule has 24 heavy (non-hydrogen) atoms. The fraction of sp³-hybridized carbons (Fsp3) is 0.611. The Morgan fingerprint density at radius 3 is 2.58 bits per heavy atom. The number of nitrogens with zero attached hydrogens (tertiary/aromatic N) is 1. The number of para-hydroxylation sites is 1. The van der Waals surface area contributed by atoms with Crippen molar-refractivity contribution in [1.29, 1.82) is 0 Å². The van der Waals surface area contributed by atoms with Crippen LogP contribution in [-0.4, -0.2) is 43.0 Å². The van der Waals surface area contributed by atoms with Gasteiger partial charge in [-0.15, -0.1) is 24.8 Å². The Bertz CT molecular complexity index is 548. The van der Waals surface area contributed by atoms with E-state index in [-0.39, 0.29) is 24.8 Å². The first kappa shape index (κ1) is 19.4. The van der Waals surface area contributed by atoms with Crippen molar-refractivity contribution in [3.8, 4) is 0 Å². The largest absolute Gasteiger partial charge is 0.380 e. The van der Waals surface area contributed by atoms with Crippen LogP contribution < -0.4 is 10.6 Å². The fourth-order valence-electron chi connectivity index (χ4n) is 4.24. The second-order valence-electron chi connectivity index (χ2n) is 7.15.